The van der Waals surface area contributed by atoms with Gasteiger partial charge in [0.25, 0.3) is 0 Å². The van der Waals surface area contributed by atoms with Gasteiger partial charge in [0.15, 0.2) is 11.5 Å². The summed E-state index contributed by atoms with van der Waals surface area (Å²) < 4.78 is 10.5. The van der Waals surface area contributed by atoms with E-state index in [0.29, 0.717) is 19.1 Å². The summed E-state index contributed by atoms with van der Waals surface area (Å²) >= 11 is 0. The monoisotopic (exact) mass is 250 g/mol. The van der Waals surface area contributed by atoms with Gasteiger partial charge in [-0.2, -0.15) is 0 Å². The maximum atomic E-state index is 11.5. The van der Waals surface area contributed by atoms with Crippen LogP contribution in [0.4, 0.5) is 0 Å². The maximum absolute atomic E-state index is 11.5. The number of fused-ring (bicyclic) bond motifs is 1. The number of carbonyl (C=O) groups excluding carboxylic acids is 1. The van der Waals surface area contributed by atoms with E-state index in [2.05, 4.69) is 10.6 Å². The molecule has 0 saturated heterocycles. The van der Waals surface area contributed by atoms with Crippen LogP contribution in [0.15, 0.2) is 18.2 Å². The minimum absolute atomic E-state index is 0.0126. The van der Waals surface area contributed by atoms with Crippen molar-refractivity contribution >= 4 is 5.91 Å². The molecule has 0 bridgehead atoms. The molecule has 1 aromatic carbocycles. The second kappa shape index (κ2) is 5.73. The Kier molecular flexibility index (Phi) is 4.04. The van der Waals surface area contributed by atoms with Crippen molar-refractivity contribution in [3.05, 3.63) is 23.8 Å². The van der Waals surface area contributed by atoms with Gasteiger partial charge in [0.05, 0.1) is 6.54 Å². The van der Waals surface area contributed by atoms with E-state index in [1.807, 2.05) is 32.0 Å². The molecule has 1 amide bonds. The van der Waals surface area contributed by atoms with Crippen molar-refractivity contribution < 1.29 is 14.3 Å². The molecular weight excluding hydrogens is 232 g/mol. The zero-order valence-electron chi connectivity index (χ0n) is 10.7. The Morgan fingerprint density at radius 2 is 2.11 bits per heavy atom. The summed E-state index contributed by atoms with van der Waals surface area (Å²) in [6.07, 6.45) is 0. The lowest BCUT2D eigenvalue weighted by Gasteiger charge is -2.09. The summed E-state index contributed by atoms with van der Waals surface area (Å²) in [5.41, 5.74) is 0.997. The fourth-order valence-electron chi connectivity index (χ4n) is 1.61. The van der Waals surface area contributed by atoms with Gasteiger partial charge in [0, 0.05) is 12.6 Å². The van der Waals surface area contributed by atoms with Crippen molar-refractivity contribution in [3.63, 3.8) is 0 Å². The molecule has 98 valence electrons. The quantitative estimate of drug-likeness (QED) is 0.819. The van der Waals surface area contributed by atoms with Crippen LogP contribution < -0.4 is 20.1 Å². The molecule has 0 fully saturated rings. The van der Waals surface area contributed by atoms with Crippen LogP contribution in [0.25, 0.3) is 0 Å². The molecule has 5 nitrogen and oxygen atoms in total. The standard InChI is InChI=1S/C13H18N2O3/c1-9(2)14-7-13(16)15-6-10-3-4-11-12(5-10)18-8-17-11/h3-5,9,14H,6-8H2,1-2H3,(H,15,16). The summed E-state index contributed by atoms with van der Waals surface area (Å²) in [4.78, 5) is 11.5. The molecule has 0 saturated carbocycles. The van der Waals surface area contributed by atoms with E-state index in [1.54, 1.807) is 0 Å². The highest BCUT2D eigenvalue weighted by molar-refractivity contribution is 5.78. The third kappa shape index (κ3) is 3.37. The highest BCUT2D eigenvalue weighted by Crippen LogP contribution is 2.32. The van der Waals surface area contributed by atoms with E-state index in [1.165, 1.54) is 0 Å². The molecule has 0 atom stereocenters. The Hall–Kier alpha value is -1.75. The van der Waals surface area contributed by atoms with Crippen LogP contribution >= 0.6 is 0 Å². The van der Waals surface area contributed by atoms with Gasteiger partial charge in [-0.15, -0.1) is 0 Å². The summed E-state index contributed by atoms with van der Waals surface area (Å²) in [6, 6.07) is 5.97. The number of carbonyl (C=O) groups is 1. The molecule has 18 heavy (non-hydrogen) atoms. The van der Waals surface area contributed by atoms with Crippen molar-refractivity contribution in [2.45, 2.75) is 26.4 Å². The lowest BCUT2D eigenvalue weighted by molar-refractivity contribution is -0.120. The molecule has 5 heteroatoms. The summed E-state index contributed by atoms with van der Waals surface area (Å²) in [6.45, 7) is 5.11. The van der Waals surface area contributed by atoms with Crippen LogP contribution in [0, 0.1) is 0 Å². The molecule has 1 aliphatic heterocycles. The molecule has 0 radical (unpaired) electrons. The van der Waals surface area contributed by atoms with Crippen molar-refractivity contribution in [3.8, 4) is 11.5 Å². The number of amides is 1. The average Bonchev–Trinajstić information content (AvgIpc) is 2.81. The van der Waals surface area contributed by atoms with Gasteiger partial charge in [-0.05, 0) is 17.7 Å². The molecule has 0 spiro atoms. The summed E-state index contributed by atoms with van der Waals surface area (Å²) in [5.74, 6) is 1.48. The Bertz CT molecular complexity index is 432. The predicted octanol–water partition coefficient (Wildman–Crippen LogP) is 1.03. The topological polar surface area (TPSA) is 59.6 Å². The van der Waals surface area contributed by atoms with Crippen molar-refractivity contribution in [2.24, 2.45) is 0 Å². The van der Waals surface area contributed by atoms with Crippen LogP contribution in [0.3, 0.4) is 0 Å². The Balaban J connectivity index is 1.81. The number of hydrogen-bond acceptors (Lipinski definition) is 4. The molecule has 1 aromatic rings. The minimum atomic E-state index is -0.0126. The van der Waals surface area contributed by atoms with Gasteiger partial charge >= 0.3 is 0 Å². The number of benzene rings is 1. The SMILES string of the molecule is CC(C)NCC(=O)NCc1ccc2c(c1)OCO2. The van der Waals surface area contributed by atoms with Crippen molar-refractivity contribution in [1.82, 2.24) is 10.6 Å². The predicted molar refractivity (Wildman–Crippen MR) is 67.6 cm³/mol. The van der Waals surface area contributed by atoms with Crippen LogP contribution in [-0.2, 0) is 11.3 Å². The number of hydrogen-bond donors (Lipinski definition) is 2. The second-order valence-corrected chi connectivity index (χ2v) is 4.50. The van der Waals surface area contributed by atoms with E-state index < -0.39 is 0 Å². The van der Waals surface area contributed by atoms with Crippen LogP contribution in [-0.4, -0.2) is 25.3 Å². The zero-order chi connectivity index (χ0) is 13.0. The first kappa shape index (κ1) is 12.7. The molecule has 0 aliphatic carbocycles. The fourth-order valence-corrected chi connectivity index (χ4v) is 1.61. The van der Waals surface area contributed by atoms with E-state index in [0.717, 1.165) is 17.1 Å². The molecule has 0 aromatic heterocycles. The van der Waals surface area contributed by atoms with Crippen molar-refractivity contribution in [1.29, 1.82) is 0 Å². The number of ether oxygens (including phenoxy) is 2. The van der Waals surface area contributed by atoms with Gasteiger partial charge in [-0.3, -0.25) is 4.79 Å². The zero-order valence-corrected chi connectivity index (χ0v) is 10.7. The van der Waals surface area contributed by atoms with Gasteiger partial charge in [-0.25, -0.2) is 0 Å². The normalized spacial score (nSPS) is 12.8. The van der Waals surface area contributed by atoms with Gasteiger partial charge in [0.2, 0.25) is 12.7 Å². The Morgan fingerprint density at radius 1 is 1.33 bits per heavy atom. The molecular formula is C13H18N2O3. The smallest absolute Gasteiger partial charge is 0.234 e. The van der Waals surface area contributed by atoms with Gasteiger partial charge in [-0.1, -0.05) is 19.9 Å². The Morgan fingerprint density at radius 3 is 2.89 bits per heavy atom. The number of nitrogens with one attached hydrogen (secondary N) is 2. The average molecular weight is 250 g/mol. The molecule has 0 unspecified atom stereocenters. The van der Waals surface area contributed by atoms with E-state index >= 15 is 0 Å². The first-order valence-electron chi connectivity index (χ1n) is 6.04. The maximum Gasteiger partial charge on any atom is 0.234 e. The largest absolute Gasteiger partial charge is 0.454 e. The van der Waals surface area contributed by atoms with E-state index in [4.69, 9.17) is 9.47 Å². The van der Waals surface area contributed by atoms with Crippen LogP contribution in [0.2, 0.25) is 0 Å². The third-order valence-electron chi connectivity index (χ3n) is 2.60. The number of rotatable bonds is 5. The van der Waals surface area contributed by atoms with Crippen LogP contribution in [0.1, 0.15) is 19.4 Å². The minimum Gasteiger partial charge on any atom is -0.454 e. The lowest BCUT2D eigenvalue weighted by Crippen LogP contribution is -2.36. The first-order valence-corrected chi connectivity index (χ1v) is 6.04. The summed E-state index contributed by atoms with van der Waals surface area (Å²) in [7, 11) is 0. The van der Waals surface area contributed by atoms with E-state index in [9.17, 15) is 4.79 Å². The van der Waals surface area contributed by atoms with Gasteiger partial charge in [0.1, 0.15) is 0 Å². The third-order valence-corrected chi connectivity index (χ3v) is 2.60. The fraction of sp³-hybridized carbons (Fsp3) is 0.462. The molecule has 2 rings (SSSR count). The summed E-state index contributed by atoms with van der Waals surface area (Å²) in [5, 5.41) is 5.91. The highest BCUT2D eigenvalue weighted by atomic mass is 16.7. The molecule has 1 heterocycles. The van der Waals surface area contributed by atoms with E-state index in [-0.39, 0.29) is 12.7 Å². The first-order chi connectivity index (χ1) is 8.65. The molecule has 2 N–H and O–H groups in total. The Labute approximate surface area is 106 Å². The van der Waals surface area contributed by atoms with Crippen LogP contribution in [0.5, 0.6) is 11.5 Å². The van der Waals surface area contributed by atoms with Gasteiger partial charge < -0.3 is 20.1 Å². The lowest BCUT2D eigenvalue weighted by atomic mass is 10.2. The molecule has 1 aliphatic rings. The highest BCUT2D eigenvalue weighted by Gasteiger charge is 2.13. The second-order valence-electron chi connectivity index (χ2n) is 4.50. The van der Waals surface area contributed by atoms with Crippen molar-refractivity contribution in [2.75, 3.05) is 13.3 Å².